The first kappa shape index (κ1) is 37.9. The number of nitrogens with zero attached hydrogens (tertiary/aromatic N) is 1. The monoisotopic (exact) mass is 629 g/mol. The van der Waals surface area contributed by atoms with Crippen LogP contribution < -0.4 is 21.5 Å². The van der Waals surface area contributed by atoms with Crippen LogP contribution in [-0.4, -0.2) is 41.3 Å². The smallest absolute Gasteiger partial charge is 0.335 e. The number of carboxylic acids is 2. The third-order valence-electron chi connectivity index (χ3n) is 7.62. The quantitative estimate of drug-likeness (QED) is 0.112. The van der Waals surface area contributed by atoms with Gasteiger partial charge < -0.3 is 31.7 Å². The van der Waals surface area contributed by atoms with Crippen LogP contribution in [0.1, 0.15) is 104 Å². The molecule has 3 rings (SSSR count). The summed E-state index contributed by atoms with van der Waals surface area (Å²) in [5.74, 6) is 3.93. The highest BCUT2D eigenvalue weighted by atomic mass is 16.4. The number of unbranched alkanes of at least 4 members (excludes halogenated alkanes) is 5. The van der Waals surface area contributed by atoms with Gasteiger partial charge in [-0.3, -0.25) is 4.79 Å². The molecule has 0 spiro atoms. The van der Waals surface area contributed by atoms with E-state index in [0.717, 1.165) is 74.0 Å². The SMILES string of the molecule is CCCCCCN(Cc1ccc(C#Cc2ccc(CCCC)cc2)cc1)c1ccc([O-])c(C(=O)O)c1.N[C@@H](CCCC[NH3+])C(=O)O. The lowest BCUT2D eigenvalue weighted by Crippen LogP contribution is -2.50. The molecule has 0 saturated carbocycles. The first-order chi connectivity index (χ1) is 22.2. The molecule has 0 aliphatic heterocycles. The Morgan fingerprint density at radius 3 is 1.98 bits per heavy atom. The molecule has 8 nitrogen and oxygen atoms in total. The predicted molar refractivity (Wildman–Crippen MR) is 183 cm³/mol. The Morgan fingerprint density at radius 1 is 0.826 bits per heavy atom. The maximum Gasteiger partial charge on any atom is 0.335 e. The molecule has 0 aliphatic carbocycles. The van der Waals surface area contributed by atoms with E-state index < -0.39 is 23.7 Å². The van der Waals surface area contributed by atoms with E-state index in [0.29, 0.717) is 13.0 Å². The summed E-state index contributed by atoms with van der Waals surface area (Å²) in [5, 5.41) is 29.7. The molecule has 7 N–H and O–H groups in total. The minimum absolute atomic E-state index is 0.185. The fraction of sp³-hybridized carbons (Fsp3) is 0.421. The minimum atomic E-state index is -1.19. The van der Waals surface area contributed by atoms with Crippen molar-refractivity contribution < 1.29 is 30.6 Å². The molecule has 0 unspecified atom stereocenters. The van der Waals surface area contributed by atoms with Crippen molar-refractivity contribution in [1.29, 1.82) is 0 Å². The van der Waals surface area contributed by atoms with Crippen molar-refractivity contribution in [2.24, 2.45) is 5.73 Å². The van der Waals surface area contributed by atoms with Crippen LogP contribution in [0.25, 0.3) is 0 Å². The van der Waals surface area contributed by atoms with E-state index >= 15 is 0 Å². The van der Waals surface area contributed by atoms with E-state index in [9.17, 15) is 19.8 Å². The molecule has 0 radical (unpaired) electrons. The van der Waals surface area contributed by atoms with Crippen LogP contribution >= 0.6 is 0 Å². The van der Waals surface area contributed by atoms with Gasteiger partial charge in [0.15, 0.2) is 0 Å². The summed E-state index contributed by atoms with van der Waals surface area (Å²) in [6.45, 7) is 6.67. The number of aromatic carboxylic acids is 1. The van der Waals surface area contributed by atoms with Crippen molar-refractivity contribution in [2.45, 2.75) is 90.6 Å². The summed E-state index contributed by atoms with van der Waals surface area (Å²) in [6, 6.07) is 20.6. The van der Waals surface area contributed by atoms with Crippen LogP contribution in [-0.2, 0) is 17.8 Å². The van der Waals surface area contributed by atoms with Crippen LogP contribution in [0.2, 0.25) is 0 Å². The van der Waals surface area contributed by atoms with Crippen LogP contribution in [0.5, 0.6) is 5.75 Å². The minimum Gasteiger partial charge on any atom is -0.872 e. The first-order valence-corrected chi connectivity index (χ1v) is 16.4. The van der Waals surface area contributed by atoms with E-state index in [1.165, 1.54) is 37.0 Å². The second kappa shape index (κ2) is 21.4. The molecule has 46 heavy (non-hydrogen) atoms. The number of hydrogen-bond donors (Lipinski definition) is 4. The number of anilines is 1. The normalized spacial score (nSPS) is 11.0. The zero-order valence-corrected chi connectivity index (χ0v) is 27.5. The number of carboxylic acid groups (broad SMARTS) is 2. The van der Waals surface area contributed by atoms with Crippen molar-refractivity contribution in [3.05, 3.63) is 94.5 Å². The average Bonchev–Trinajstić information content (AvgIpc) is 3.05. The van der Waals surface area contributed by atoms with Gasteiger partial charge in [-0.1, -0.05) is 87.5 Å². The van der Waals surface area contributed by atoms with Gasteiger partial charge in [-0.25, -0.2) is 4.79 Å². The van der Waals surface area contributed by atoms with E-state index in [1.54, 1.807) is 6.07 Å². The highest BCUT2D eigenvalue weighted by molar-refractivity contribution is 5.91. The fourth-order valence-electron chi connectivity index (χ4n) is 4.77. The van der Waals surface area contributed by atoms with E-state index in [4.69, 9.17) is 10.8 Å². The van der Waals surface area contributed by atoms with Gasteiger partial charge in [0, 0.05) is 29.9 Å². The maximum atomic E-state index is 11.9. The standard InChI is InChI=1S/C32H37NO3.C6H14N2O2/c1-3-5-7-8-22-33(29-20-21-31(34)30(23-29)32(35)36)24-28-18-16-27(17-19-28)15-14-26-12-10-25(11-13-26)9-6-4-2;7-4-2-1-3-5(8)6(9)10/h10-13,16-21,23,34H,3-9,22,24H2,1-2H3,(H,35,36);5H,1-4,7-8H2,(H,9,10)/t;5-/m.0/s1. The number of quaternary nitrogens is 1. The number of carbonyl (C=O) groups is 2. The Labute approximate surface area is 274 Å². The Kier molecular flexibility index (Phi) is 17.6. The van der Waals surface area contributed by atoms with Gasteiger partial charge in [0.1, 0.15) is 6.04 Å². The molecule has 0 heterocycles. The summed E-state index contributed by atoms with van der Waals surface area (Å²) < 4.78 is 0. The molecule has 0 aliphatic rings. The molecule has 1 atom stereocenters. The van der Waals surface area contributed by atoms with Gasteiger partial charge in [-0.15, -0.1) is 0 Å². The van der Waals surface area contributed by atoms with Crippen LogP contribution in [0.4, 0.5) is 5.69 Å². The van der Waals surface area contributed by atoms with Gasteiger partial charge in [-0.05, 0) is 86.1 Å². The molecule has 3 aromatic carbocycles. The summed E-state index contributed by atoms with van der Waals surface area (Å²) in [6.07, 6.45) is 10.3. The topological polar surface area (TPSA) is 155 Å². The summed E-state index contributed by atoms with van der Waals surface area (Å²) >= 11 is 0. The number of aryl methyl sites for hydroxylation is 1. The lowest BCUT2D eigenvalue weighted by atomic mass is 10.1. The Bertz CT molecular complexity index is 1390. The molecule has 0 aromatic heterocycles. The van der Waals surface area contributed by atoms with E-state index in [1.807, 2.05) is 12.1 Å². The molecular weight excluding hydrogens is 578 g/mol. The summed E-state index contributed by atoms with van der Waals surface area (Å²) in [4.78, 5) is 23.8. The van der Waals surface area contributed by atoms with Gasteiger partial charge in [0.2, 0.25) is 0 Å². The maximum absolute atomic E-state index is 11.9. The van der Waals surface area contributed by atoms with Crippen LogP contribution in [0.3, 0.4) is 0 Å². The number of aliphatic carboxylic acids is 1. The van der Waals surface area contributed by atoms with Crippen molar-refractivity contribution >= 4 is 17.6 Å². The molecule has 248 valence electrons. The molecule has 3 aromatic rings. The Hall–Kier alpha value is -4.32. The van der Waals surface area contributed by atoms with Crippen LogP contribution in [0.15, 0.2) is 66.7 Å². The Balaban J connectivity index is 0.000000634. The van der Waals surface area contributed by atoms with Crippen molar-refractivity contribution in [3.8, 4) is 17.6 Å². The van der Waals surface area contributed by atoms with Crippen molar-refractivity contribution in [1.82, 2.24) is 0 Å². The Morgan fingerprint density at radius 2 is 1.43 bits per heavy atom. The van der Waals surface area contributed by atoms with E-state index in [-0.39, 0.29) is 5.56 Å². The molecule has 0 saturated heterocycles. The number of nitrogens with two attached hydrogens (primary N) is 1. The average molecular weight is 630 g/mol. The molecule has 0 fully saturated rings. The van der Waals surface area contributed by atoms with Crippen molar-refractivity contribution in [2.75, 3.05) is 18.0 Å². The van der Waals surface area contributed by atoms with Crippen LogP contribution in [0, 0.1) is 11.8 Å². The predicted octanol–water partition coefficient (Wildman–Crippen LogP) is 5.60. The largest absolute Gasteiger partial charge is 0.872 e. The lowest BCUT2D eigenvalue weighted by Gasteiger charge is -2.26. The third-order valence-corrected chi connectivity index (χ3v) is 7.62. The molecule has 8 heteroatoms. The second-order valence-electron chi connectivity index (χ2n) is 11.5. The molecular formula is C38H51N3O5. The molecule has 0 bridgehead atoms. The number of benzene rings is 3. The van der Waals surface area contributed by atoms with Crippen molar-refractivity contribution in [3.63, 3.8) is 0 Å². The van der Waals surface area contributed by atoms with Gasteiger partial charge in [-0.2, -0.15) is 0 Å². The fourth-order valence-corrected chi connectivity index (χ4v) is 4.77. The number of rotatable bonds is 17. The third kappa shape index (κ3) is 14.2. The highest BCUT2D eigenvalue weighted by Crippen LogP contribution is 2.25. The lowest BCUT2D eigenvalue weighted by molar-refractivity contribution is -0.368. The zero-order valence-electron chi connectivity index (χ0n) is 27.5. The van der Waals surface area contributed by atoms with E-state index in [2.05, 4.69) is 72.7 Å². The first-order valence-electron chi connectivity index (χ1n) is 16.4. The highest BCUT2D eigenvalue weighted by Gasteiger charge is 2.12. The van der Waals surface area contributed by atoms with Gasteiger partial charge in [0.05, 0.1) is 12.1 Å². The summed E-state index contributed by atoms with van der Waals surface area (Å²) in [5.41, 5.74) is 13.9. The second-order valence-corrected chi connectivity index (χ2v) is 11.5. The van der Waals surface area contributed by atoms with Gasteiger partial charge >= 0.3 is 11.9 Å². The zero-order chi connectivity index (χ0) is 33.7. The number of hydrogen-bond acceptors (Lipinski definition) is 5. The summed E-state index contributed by atoms with van der Waals surface area (Å²) in [7, 11) is 0. The van der Waals surface area contributed by atoms with Gasteiger partial charge in [0.25, 0.3) is 0 Å². The molecule has 0 amide bonds.